The van der Waals surface area contributed by atoms with Gasteiger partial charge in [0.2, 0.25) is 0 Å². The van der Waals surface area contributed by atoms with E-state index in [9.17, 15) is 4.39 Å². The van der Waals surface area contributed by atoms with E-state index in [-0.39, 0.29) is 5.82 Å². The van der Waals surface area contributed by atoms with Crippen molar-refractivity contribution in [1.29, 1.82) is 0 Å². The second-order valence-electron chi connectivity index (χ2n) is 3.47. The molecular formula is C17H33FO. The summed E-state index contributed by atoms with van der Waals surface area (Å²) in [5, 5.41) is 0. The van der Waals surface area contributed by atoms with Crippen LogP contribution in [-0.2, 0) is 0 Å². The van der Waals surface area contributed by atoms with Crippen molar-refractivity contribution < 1.29 is 9.13 Å². The first-order chi connectivity index (χ1) is 9.15. The lowest BCUT2D eigenvalue weighted by atomic mass is 10.2. The highest BCUT2D eigenvalue weighted by atomic mass is 19.1. The number of hydrogen-bond acceptors (Lipinski definition) is 1. The van der Waals surface area contributed by atoms with E-state index in [1.807, 2.05) is 27.7 Å². The van der Waals surface area contributed by atoms with Gasteiger partial charge in [0, 0.05) is 0 Å². The summed E-state index contributed by atoms with van der Waals surface area (Å²) in [5.41, 5.74) is 0.611. The lowest BCUT2D eigenvalue weighted by molar-refractivity contribution is 0.413. The predicted octanol–water partition coefficient (Wildman–Crippen LogP) is 6.39. The zero-order chi connectivity index (χ0) is 15.7. The zero-order valence-corrected chi connectivity index (χ0v) is 14.1. The fourth-order valence-electron chi connectivity index (χ4n) is 1.10. The van der Waals surface area contributed by atoms with Crippen LogP contribution < -0.4 is 4.74 Å². The molecule has 0 radical (unpaired) electrons. The maximum absolute atomic E-state index is 12.6. The Morgan fingerprint density at radius 3 is 1.74 bits per heavy atom. The predicted molar refractivity (Wildman–Crippen MR) is 85.6 cm³/mol. The van der Waals surface area contributed by atoms with Crippen LogP contribution in [0.1, 0.15) is 66.4 Å². The lowest BCUT2D eigenvalue weighted by Crippen LogP contribution is -1.85. The second-order valence-corrected chi connectivity index (χ2v) is 3.47. The highest BCUT2D eigenvalue weighted by Crippen LogP contribution is 2.14. The summed E-state index contributed by atoms with van der Waals surface area (Å²) in [6.07, 6.45) is 4.08. The van der Waals surface area contributed by atoms with E-state index < -0.39 is 0 Å². The maximum Gasteiger partial charge on any atom is 0.126 e. The van der Waals surface area contributed by atoms with Crippen molar-refractivity contribution in [3.63, 3.8) is 0 Å². The van der Waals surface area contributed by atoms with Gasteiger partial charge in [-0.2, -0.15) is 0 Å². The summed E-state index contributed by atoms with van der Waals surface area (Å²) in [7, 11) is 1.56. The van der Waals surface area contributed by atoms with Crippen molar-refractivity contribution in [2.24, 2.45) is 0 Å². The van der Waals surface area contributed by atoms with Gasteiger partial charge in [-0.25, -0.2) is 4.39 Å². The summed E-state index contributed by atoms with van der Waals surface area (Å²) < 4.78 is 17.5. The van der Waals surface area contributed by atoms with Crippen molar-refractivity contribution >= 4 is 0 Å². The molecule has 0 fully saturated rings. The Labute approximate surface area is 120 Å². The van der Waals surface area contributed by atoms with Crippen molar-refractivity contribution in [1.82, 2.24) is 0 Å². The fourth-order valence-corrected chi connectivity index (χ4v) is 1.10. The highest BCUT2D eigenvalue weighted by molar-refractivity contribution is 5.28. The Morgan fingerprint density at radius 2 is 1.47 bits per heavy atom. The number of aryl methyl sites for hydroxylation is 1. The van der Waals surface area contributed by atoms with E-state index in [1.54, 1.807) is 26.2 Å². The first-order valence-corrected chi connectivity index (χ1v) is 7.45. The van der Waals surface area contributed by atoms with Crippen LogP contribution in [0.5, 0.6) is 5.75 Å². The smallest absolute Gasteiger partial charge is 0.126 e. The van der Waals surface area contributed by atoms with Gasteiger partial charge in [0.1, 0.15) is 11.6 Å². The second kappa shape index (κ2) is 19.3. The molecule has 0 amide bonds. The molecule has 1 rings (SSSR count). The van der Waals surface area contributed by atoms with Crippen molar-refractivity contribution in [2.45, 2.75) is 67.7 Å². The van der Waals surface area contributed by atoms with Crippen LogP contribution in [0.15, 0.2) is 18.2 Å². The van der Waals surface area contributed by atoms with Crippen LogP contribution >= 0.6 is 0 Å². The fraction of sp³-hybridized carbons (Fsp3) is 0.647. The van der Waals surface area contributed by atoms with Gasteiger partial charge < -0.3 is 4.74 Å². The molecule has 0 atom stereocenters. The molecule has 0 heterocycles. The standard InChI is InChI=1S/C8H9FO.C5H12.2C2H6/c1-6-5-7(10-2)3-4-8(6)9;1-3-5-4-2;2*1-2/h3-5H,1-2H3;3-5H2,1-2H3;2*1-2H3. The zero-order valence-electron chi connectivity index (χ0n) is 14.1. The minimum absolute atomic E-state index is 0.194. The van der Waals surface area contributed by atoms with Crippen LogP contribution in [-0.4, -0.2) is 7.11 Å². The largest absolute Gasteiger partial charge is 0.497 e. The van der Waals surface area contributed by atoms with Gasteiger partial charge in [0.25, 0.3) is 0 Å². The molecule has 0 aromatic heterocycles. The summed E-state index contributed by atoms with van der Waals surface area (Å²) >= 11 is 0. The number of methoxy groups -OCH3 is 1. The van der Waals surface area contributed by atoms with E-state index >= 15 is 0 Å². The van der Waals surface area contributed by atoms with Gasteiger partial charge in [0.15, 0.2) is 0 Å². The topological polar surface area (TPSA) is 9.23 Å². The summed E-state index contributed by atoms with van der Waals surface area (Å²) in [6.45, 7) is 14.1. The van der Waals surface area contributed by atoms with E-state index in [1.165, 1.54) is 25.3 Å². The number of rotatable bonds is 3. The van der Waals surface area contributed by atoms with E-state index in [0.717, 1.165) is 0 Å². The van der Waals surface area contributed by atoms with Gasteiger partial charge >= 0.3 is 0 Å². The van der Waals surface area contributed by atoms with Crippen LogP contribution in [0.3, 0.4) is 0 Å². The van der Waals surface area contributed by atoms with Gasteiger partial charge in [-0.15, -0.1) is 0 Å². The molecule has 0 aliphatic rings. The summed E-state index contributed by atoms with van der Waals surface area (Å²) in [5.74, 6) is 0.500. The molecule has 114 valence electrons. The molecule has 1 nitrogen and oxygen atoms in total. The maximum atomic E-state index is 12.6. The van der Waals surface area contributed by atoms with Gasteiger partial charge in [-0.3, -0.25) is 0 Å². The third-order valence-electron chi connectivity index (χ3n) is 2.07. The monoisotopic (exact) mass is 272 g/mol. The SMILES string of the molecule is CC.CC.CCCCC.COc1ccc(F)c(C)c1. The lowest BCUT2D eigenvalue weighted by Gasteiger charge is -2.00. The summed E-state index contributed by atoms with van der Waals surface area (Å²) in [6, 6.07) is 4.66. The number of halogens is 1. The molecule has 0 saturated heterocycles. The molecular weight excluding hydrogens is 239 g/mol. The van der Waals surface area contributed by atoms with E-state index in [4.69, 9.17) is 4.74 Å². The van der Waals surface area contributed by atoms with Crippen LogP contribution in [0.2, 0.25) is 0 Å². The normalized spacial score (nSPS) is 7.84. The molecule has 0 saturated carbocycles. The minimum Gasteiger partial charge on any atom is -0.497 e. The third-order valence-corrected chi connectivity index (χ3v) is 2.07. The average Bonchev–Trinajstić information content (AvgIpc) is 2.48. The van der Waals surface area contributed by atoms with Crippen molar-refractivity contribution in [2.75, 3.05) is 7.11 Å². The molecule has 2 heteroatoms. The highest BCUT2D eigenvalue weighted by Gasteiger charge is 1.96. The molecule has 0 aliphatic heterocycles. The number of ether oxygens (including phenoxy) is 1. The van der Waals surface area contributed by atoms with Gasteiger partial charge in [-0.05, 0) is 30.7 Å². The number of unbranched alkanes of at least 4 members (excludes halogenated alkanes) is 2. The first kappa shape index (κ1) is 23.1. The van der Waals surface area contributed by atoms with Gasteiger partial charge in [0.05, 0.1) is 7.11 Å². The Balaban J connectivity index is -0.000000242. The molecule has 0 bridgehead atoms. The summed E-state index contributed by atoms with van der Waals surface area (Å²) in [4.78, 5) is 0. The minimum atomic E-state index is -0.194. The van der Waals surface area contributed by atoms with Crippen LogP contribution in [0.25, 0.3) is 0 Å². The first-order valence-electron chi connectivity index (χ1n) is 7.45. The number of hydrogen-bond donors (Lipinski definition) is 0. The molecule has 0 spiro atoms. The van der Waals surface area contributed by atoms with Gasteiger partial charge in [-0.1, -0.05) is 60.8 Å². The van der Waals surface area contributed by atoms with Crippen LogP contribution in [0.4, 0.5) is 4.39 Å². The van der Waals surface area contributed by atoms with E-state index in [2.05, 4.69) is 13.8 Å². The van der Waals surface area contributed by atoms with Crippen molar-refractivity contribution in [3.05, 3.63) is 29.6 Å². The molecule has 1 aromatic rings. The van der Waals surface area contributed by atoms with Crippen molar-refractivity contribution in [3.8, 4) is 5.75 Å². The number of benzene rings is 1. The molecule has 0 unspecified atom stereocenters. The molecule has 1 aromatic carbocycles. The quantitative estimate of drug-likeness (QED) is 0.619. The Morgan fingerprint density at radius 1 is 1.00 bits per heavy atom. The molecule has 0 aliphatic carbocycles. The molecule has 19 heavy (non-hydrogen) atoms. The third kappa shape index (κ3) is 14.9. The Bertz CT molecular complexity index is 270. The Kier molecular flexibility index (Phi) is 23.4. The molecule has 0 N–H and O–H groups in total. The van der Waals surface area contributed by atoms with E-state index in [0.29, 0.717) is 11.3 Å². The Hall–Kier alpha value is -1.05. The average molecular weight is 272 g/mol. The van der Waals surface area contributed by atoms with Crippen LogP contribution in [0, 0.1) is 12.7 Å².